The van der Waals surface area contributed by atoms with Gasteiger partial charge in [-0.25, -0.2) is 0 Å². The van der Waals surface area contributed by atoms with E-state index in [2.05, 4.69) is 20.4 Å². The lowest BCUT2D eigenvalue weighted by Gasteiger charge is -2.23. The molecule has 0 saturated carbocycles. The summed E-state index contributed by atoms with van der Waals surface area (Å²) in [4.78, 5) is 24.1. The zero-order valence-corrected chi connectivity index (χ0v) is 14.3. The number of nitrogens with zero attached hydrogens (tertiary/aromatic N) is 1. The first-order valence-electron chi connectivity index (χ1n) is 7.66. The lowest BCUT2D eigenvalue weighted by molar-refractivity contribution is -0.132. The molecule has 1 aliphatic heterocycles. The van der Waals surface area contributed by atoms with Gasteiger partial charge < -0.3 is 15.2 Å². The molecule has 4 heteroatoms. The topological polar surface area (TPSA) is 68.9 Å². The number of aldehydes is 1. The molecule has 1 amide bonds. The van der Waals surface area contributed by atoms with Crippen LogP contribution in [0, 0.1) is 0 Å². The molecule has 1 saturated heterocycles. The van der Waals surface area contributed by atoms with Gasteiger partial charge in [-0.15, -0.1) is 0 Å². The summed E-state index contributed by atoms with van der Waals surface area (Å²) in [6, 6.07) is -0.316. The van der Waals surface area contributed by atoms with Gasteiger partial charge in [0.1, 0.15) is 6.29 Å². The lowest BCUT2D eigenvalue weighted by Crippen LogP contribution is -2.37. The van der Waals surface area contributed by atoms with Gasteiger partial charge >= 0.3 is 0 Å². The molecule has 2 N–H and O–H groups in total. The summed E-state index contributed by atoms with van der Waals surface area (Å²) in [6.45, 7) is 14.5. The van der Waals surface area contributed by atoms with E-state index in [4.69, 9.17) is 0 Å². The van der Waals surface area contributed by atoms with Crippen LogP contribution in [-0.2, 0) is 9.59 Å². The molecule has 1 fully saturated rings. The van der Waals surface area contributed by atoms with E-state index in [-0.39, 0.29) is 17.4 Å². The van der Waals surface area contributed by atoms with E-state index in [9.17, 15) is 9.59 Å². The normalized spacial score (nSPS) is 14.8. The van der Waals surface area contributed by atoms with E-state index >= 15 is 0 Å². The maximum atomic E-state index is 11.5. The van der Waals surface area contributed by atoms with Crippen molar-refractivity contribution in [3.8, 4) is 0 Å². The number of allylic oxidation sites excluding steroid dienone is 2. The average Bonchev–Trinajstić information content (AvgIpc) is 2.90. The molecule has 0 aliphatic carbocycles. The predicted octanol–water partition coefficient (Wildman–Crippen LogP) is 3.32. The zero-order chi connectivity index (χ0) is 16.0. The summed E-state index contributed by atoms with van der Waals surface area (Å²) in [6.07, 6.45) is 7.78. The SMILES string of the molecule is C=C/C(=C\C)C[C@@H](C=O)N1CCCC1=O.CC.CCC.O. The molecule has 0 bridgehead atoms. The van der Waals surface area contributed by atoms with Crippen LogP contribution in [0.3, 0.4) is 0 Å². The van der Waals surface area contributed by atoms with Crippen LogP contribution in [0.5, 0.6) is 0 Å². The van der Waals surface area contributed by atoms with Crippen LogP contribution in [-0.4, -0.2) is 35.2 Å². The summed E-state index contributed by atoms with van der Waals surface area (Å²) in [5.74, 6) is 0.0895. The first-order valence-corrected chi connectivity index (χ1v) is 7.66. The average molecular weight is 299 g/mol. The van der Waals surface area contributed by atoms with Crippen LogP contribution >= 0.6 is 0 Å². The molecule has 0 spiro atoms. The van der Waals surface area contributed by atoms with Crippen molar-refractivity contribution >= 4 is 12.2 Å². The molecule has 0 unspecified atom stereocenters. The molecule has 0 radical (unpaired) electrons. The van der Waals surface area contributed by atoms with Gasteiger partial charge in [-0.1, -0.05) is 58.4 Å². The van der Waals surface area contributed by atoms with Gasteiger partial charge in [0, 0.05) is 13.0 Å². The number of rotatable bonds is 5. The second kappa shape index (κ2) is 16.6. The van der Waals surface area contributed by atoms with Crippen molar-refractivity contribution in [3.05, 3.63) is 24.3 Å². The number of carbonyl (C=O) groups excluding carboxylic acids is 2. The molecule has 1 rings (SSSR count). The third kappa shape index (κ3) is 10.0. The third-order valence-corrected chi connectivity index (χ3v) is 2.75. The van der Waals surface area contributed by atoms with Crippen LogP contribution < -0.4 is 0 Å². The number of hydrogen-bond acceptors (Lipinski definition) is 2. The molecule has 124 valence electrons. The van der Waals surface area contributed by atoms with Crippen molar-refractivity contribution in [2.75, 3.05) is 6.54 Å². The Labute approximate surface area is 130 Å². The van der Waals surface area contributed by atoms with Crippen molar-refractivity contribution < 1.29 is 15.1 Å². The Morgan fingerprint density at radius 1 is 1.38 bits per heavy atom. The smallest absolute Gasteiger partial charge is 0.223 e. The number of amides is 1. The summed E-state index contributed by atoms with van der Waals surface area (Å²) >= 11 is 0. The number of hydrogen-bond donors (Lipinski definition) is 0. The van der Waals surface area contributed by atoms with Crippen molar-refractivity contribution in [1.82, 2.24) is 4.90 Å². The molecule has 0 aromatic rings. The van der Waals surface area contributed by atoms with Crippen molar-refractivity contribution in [2.24, 2.45) is 0 Å². The van der Waals surface area contributed by atoms with Crippen LogP contribution in [0.2, 0.25) is 0 Å². The van der Waals surface area contributed by atoms with Gasteiger partial charge in [0.25, 0.3) is 0 Å². The largest absolute Gasteiger partial charge is 0.412 e. The van der Waals surface area contributed by atoms with Gasteiger partial charge in [-0.05, 0) is 19.8 Å². The minimum atomic E-state index is -0.316. The molecule has 0 aromatic heterocycles. The van der Waals surface area contributed by atoms with E-state index < -0.39 is 0 Å². The van der Waals surface area contributed by atoms with E-state index in [0.717, 1.165) is 18.3 Å². The Hall–Kier alpha value is -1.42. The predicted molar refractivity (Wildman–Crippen MR) is 90.3 cm³/mol. The van der Waals surface area contributed by atoms with Gasteiger partial charge in [0.2, 0.25) is 5.91 Å². The first kappa shape index (κ1) is 24.6. The fourth-order valence-electron chi connectivity index (χ4n) is 1.81. The van der Waals surface area contributed by atoms with Crippen LogP contribution in [0.15, 0.2) is 24.3 Å². The molecule has 1 heterocycles. The molecular formula is C17H33NO3. The maximum absolute atomic E-state index is 11.5. The fraction of sp³-hybridized carbons (Fsp3) is 0.647. The number of carbonyl (C=O) groups is 2. The van der Waals surface area contributed by atoms with E-state index in [1.54, 1.807) is 11.0 Å². The van der Waals surface area contributed by atoms with Gasteiger partial charge in [-0.3, -0.25) is 4.79 Å². The highest BCUT2D eigenvalue weighted by molar-refractivity contribution is 5.81. The highest BCUT2D eigenvalue weighted by Crippen LogP contribution is 2.17. The Kier molecular flexibility index (Phi) is 19.5. The standard InChI is InChI=1S/C12H17NO2.C3H8.C2H6.H2O/c1-3-10(4-2)8-11(9-14)13-7-5-6-12(13)15;1-3-2;1-2;/h3-4,9,11H,1,5-8H2,2H3;3H2,1-2H3;1-2H3;1H2/b10-4+;;;/t11-;;;/m0.../s1. The minimum absolute atomic E-state index is 0. The number of likely N-dealkylation sites (tertiary alicyclic amines) is 1. The Bertz CT molecular complexity index is 311. The molecular weight excluding hydrogens is 266 g/mol. The second-order valence-electron chi connectivity index (χ2n) is 4.37. The first-order chi connectivity index (χ1) is 9.64. The summed E-state index contributed by atoms with van der Waals surface area (Å²) in [5.41, 5.74) is 1.01. The summed E-state index contributed by atoms with van der Waals surface area (Å²) in [7, 11) is 0. The Balaban J connectivity index is -0.000000479. The third-order valence-electron chi connectivity index (χ3n) is 2.75. The van der Waals surface area contributed by atoms with E-state index in [1.165, 1.54) is 6.42 Å². The van der Waals surface area contributed by atoms with Gasteiger partial charge in [0.05, 0.1) is 6.04 Å². The molecule has 1 aliphatic rings. The zero-order valence-electron chi connectivity index (χ0n) is 14.3. The summed E-state index contributed by atoms with van der Waals surface area (Å²) in [5, 5.41) is 0. The maximum Gasteiger partial charge on any atom is 0.223 e. The Morgan fingerprint density at radius 3 is 2.19 bits per heavy atom. The van der Waals surface area contributed by atoms with Crippen LogP contribution in [0.4, 0.5) is 0 Å². The highest BCUT2D eigenvalue weighted by atomic mass is 16.2. The fourth-order valence-corrected chi connectivity index (χ4v) is 1.81. The van der Waals surface area contributed by atoms with Crippen LogP contribution in [0.1, 0.15) is 60.3 Å². The molecule has 21 heavy (non-hydrogen) atoms. The molecule has 1 atom stereocenters. The Morgan fingerprint density at radius 2 is 1.90 bits per heavy atom. The van der Waals surface area contributed by atoms with Crippen molar-refractivity contribution in [3.63, 3.8) is 0 Å². The molecule has 4 nitrogen and oxygen atoms in total. The van der Waals surface area contributed by atoms with Crippen LogP contribution in [0.25, 0.3) is 0 Å². The van der Waals surface area contributed by atoms with Gasteiger partial charge in [0.15, 0.2) is 0 Å². The van der Waals surface area contributed by atoms with Crippen molar-refractivity contribution in [1.29, 1.82) is 0 Å². The van der Waals surface area contributed by atoms with Gasteiger partial charge in [-0.2, -0.15) is 0 Å². The second-order valence-corrected chi connectivity index (χ2v) is 4.37. The highest BCUT2D eigenvalue weighted by Gasteiger charge is 2.27. The minimum Gasteiger partial charge on any atom is -0.412 e. The summed E-state index contributed by atoms with van der Waals surface area (Å²) < 4.78 is 0. The monoisotopic (exact) mass is 299 g/mol. The van der Waals surface area contributed by atoms with E-state index in [1.807, 2.05) is 26.8 Å². The van der Waals surface area contributed by atoms with Crippen molar-refractivity contribution in [2.45, 2.75) is 66.3 Å². The quantitative estimate of drug-likeness (QED) is 0.577. The van der Waals surface area contributed by atoms with E-state index in [0.29, 0.717) is 19.4 Å². The lowest BCUT2D eigenvalue weighted by atomic mass is 10.1. The molecule has 0 aromatic carbocycles.